The summed E-state index contributed by atoms with van der Waals surface area (Å²) in [4.78, 5) is 16.9. The number of rotatable bonds is 2. The van der Waals surface area contributed by atoms with E-state index in [1.807, 2.05) is 41.1 Å². The van der Waals surface area contributed by atoms with Crippen LogP contribution in [0.1, 0.15) is 21.6 Å². The van der Waals surface area contributed by atoms with Crippen LogP contribution in [-0.2, 0) is 7.05 Å². The first-order valence-electron chi connectivity index (χ1n) is 9.32. The molecule has 1 amide bonds. The fourth-order valence-corrected chi connectivity index (χ4v) is 3.93. The average molecular weight is 365 g/mol. The number of benzene rings is 2. The maximum atomic E-state index is 14.0. The Bertz CT molecular complexity index is 1020. The Morgan fingerprint density at radius 2 is 1.70 bits per heavy atom. The molecule has 1 aliphatic rings. The van der Waals surface area contributed by atoms with Crippen LogP contribution in [0.2, 0.25) is 0 Å². The van der Waals surface area contributed by atoms with E-state index in [1.54, 1.807) is 12.1 Å². The number of hydrogen-bond donors (Lipinski definition) is 0. The van der Waals surface area contributed by atoms with Crippen molar-refractivity contribution in [2.45, 2.75) is 13.8 Å². The third kappa shape index (κ3) is 2.97. The number of amides is 1. The van der Waals surface area contributed by atoms with Crippen molar-refractivity contribution in [2.75, 3.05) is 31.1 Å². The summed E-state index contributed by atoms with van der Waals surface area (Å²) >= 11 is 0. The van der Waals surface area contributed by atoms with Crippen molar-refractivity contribution < 1.29 is 9.18 Å². The van der Waals surface area contributed by atoms with Gasteiger partial charge < -0.3 is 14.4 Å². The van der Waals surface area contributed by atoms with Crippen LogP contribution in [0.25, 0.3) is 10.9 Å². The quantitative estimate of drug-likeness (QED) is 0.689. The van der Waals surface area contributed by atoms with E-state index in [0.717, 1.165) is 16.5 Å². The van der Waals surface area contributed by atoms with Crippen molar-refractivity contribution in [3.05, 3.63) is 65.1 Å². The van der Waals surface area contributed by atoms with Crippen molar-refractivity contribution in [2.24, 2.45) is 7.05 Å². The largest absolute Gasteiger partial charge is 0.366 e. The molecule has 0 N–H and O–H groups in total. The molecule has 0 aliphatic carbocycles. The highest BCUT2D eigenvalue weighted by Crippen LogP contribution is 2.26. The summed E-state index contributed by atoms with van der Waals surface area (Å²) in [5, 5.41) is 1.13. The Labute approximate surface area is 158 Å². The van der Waals surface area contributed by atoms with E-state index >= 15 is 0 Å². The first-order chi connectivity index (χ1) is 13.0. The van der Waals surface area contributed by atoms with Gasteiger partial charge in [-0.25, -0.2) is 4.39 Å². The van der Waals surface area contributed by atoms with Crippen molar-refractivity contribution >= 4 is 22.5 Å². The summed E-state index contributed by atoms with van der Waals surface area (Å²) in [5.41, 5.74) is 4.91. The maximum Gasteiger partial charge on any atom is 0.253 e. The van der Waals surface area contributed by atoms with Crippen LogP contribution in [-0.4, -0.2) is 41.6 Å². The summed E-state index contributed by atoms with van der Waals surface area (Å²) in [6.45, 7) is 6.66. The molecule has 3 aromatic rings. The monoisotopic (exact) mass is 365 g/mol. The van der Waals surface area contributed by atoms with E-state index in [-0.39, 0.29) is 11.7 Å². The molecule has 1 saturated heterocycles. The number of nitrogens with zero attached hydrogens (tertiary/aromatic N) is 3. The van der Waals surface area contributed by atoms with Gasteiger partial charge in [0, 0.05) is 55.4 Å². The number of aryl methyl sites for hydroxylation is 2. The van der Waals surface area contributed by atoms with Gasteiger partial charge in [-0.1, -0.05) is 12.1 Å². The SMILES string of the molecule is Cc1c(C)n(C)c2ccc(C(=O)N3CCN(c4ccccc4F)CC3)cc12. The lowest BCUT2D eigenvalue weighted by molar-refractivity contribution is 0.0747. The zero-order valence-corrected chi connectivity index (χ0v) is 16.0. The van der Waals surface area contributed by atoms with Gasteiger partial charge in [0.2, 0.25) is 0 Å². The molecule has 1 fully saturated rings. The van der Waals surface area contributed by atoms with Gasteiger partial charge in [0.25, 0.3) is 5.91 Å². The predicted octanol–water partition coefficient (Wildman–Crippen LogP) is 3.90. The highest BCUT2D eigenvalue weighted by atomic mass is 19.1. The third-order valence-corrected chi connectivity index (χ3v) is 5.81. The minimum absolute atomic E-state index is 0.0472. The summed E-state index contributed by atoms with van der Waals surface area (Å²) in [7, 11) is 2.05. The number of hydrogen-bond acceptors (Lipinski definition) is 2. The lowest BCUT2D eigenvalue weighted by Crippen LogP contribution is -2.49. The number of halogens is 1. The average Bonchev–Trinajstić information content (AvgIpc) is 2.92. The van der Waals surface area contributed by atoms with Gasteiger partial charge in [0.1, 0.15) is 5.82 Å². The maximum absolute atomic E-state index is 14.0. The molecule has 27 heavy (non-hydrogen) atoms. The lowest BCUT2D eigenvalue weighted by Gasteiger charge is -2.36. The minimum Gasteiger partial charge on any atom is -0.366 e. The molecule has 0 radical (unpaired) electrons. The van der Waals surface area contributed by atoms with Gasteiger partial charge in [-0.3, -0.25) is 4.79 Å². The van der Waals surface area contributed by atoms with E-state index < -0.39 is 0 Å². The summed E-state index contributed by atoms with van der Waals surface area (Å²) in [5.74, 6) is -0.163. The van der Waals surface area contributed by atoms with E-state index in [0.29, 0.717) is 31.9 Å². The fourth-order valence-electron chi connectivity index (χ4n) is 3.93. The molecule has 140 valence electrons. The molecule has 4 rings (SSSR count). The number of anilines is 1. The van der Waals surface area contributed by atoms with Crippen molar-refractivity contribution in [1.29, 1.82) is 0 Å². The van der Waals surface area contributed by atoms with E-state index in [4.69, 9.17) is 0 Å². The third-order valence-electron chi connectivity index (χ3n) is 5.81. The van der Waals surface area contributed by atoms with Crippen LogP contribution < -0.4 is 4.90 Å². The Balaban J connectivity index is 1.52. The number of para-hydroxylation sites is 1. The van der Waals surface area contributed by atoms with Crippen LogP contribution in [0.3, 0.4) is 0 Å². The molecule has 4 nitrogen and oxygen atoms in total. The van der Waals surface area contributed by atoms with Crippen LogP contribution >= 0.6 is 0 Å². The molecule has 0 atom stereocenters. The van der Waals surface area contributed by atoms with E-state index in [2.05, 4.69) is 18.4 Å². The Kier molecular flexibility index (Phi) is 4.38. The number of carbonyl (C=O) groups is 1. The van der Waals surface area contributed by atoms with Gasteiger partial charge in [-0.15, -0.1) is 0 Å². The second-order valence-electron chi connectivity index (χ2n) is 7.23. The number of piperazine rings is 1. The van der Waals surface area contributed by atoms with E-state index in [1.165, 1.54) is 17.3 Å². The normalized spacial score (nSPS) is 14.8. The van der Waals surface area contributed by atoms with Crippen molar-refractivity contribution in [1.82, 2.24) is 9.47 Å². The number of aromatic nitrogens is 1. The van der Waals surface area contributed by atoms with Gasteiger partial charge in [0.05, 0.1) is 5.69 Å². The summed E-state index contributed by atoms with van der Waals surface area (Å²) < 4.78 is 16.2. The molecular weight excluding hydrogens is 341 g/mol. The lowest BCUT2D eigenvalue weighted by atomic mass is 10.1. The molecule has 0 saturated carbocycles. The molecule has 0 bridgehead atoms. The molecule has 1 aliphatic heterocycles. The first kappa shape index (κ1) is 17.6. The highest BCUT2D eigenvalue weighted by Gasteiger charge is 2.24. The predicted molar refractivity (Wildman–Crippen MR) is 107 cm³/mol. The summed E-state index contributed by atoms with van der Waals surface area (Å²) in [6, 6.07) is 12.7. The van der Waals surface area contributed by atoms with Crippen LogP contribution in [0.4, 0.5) is 10.1 Å². The topological polar surface area (TPSA) is 28.5 Å². The molecular formula is C22H24FN3O. The van der Waals surface area contributed by atoms with Crippen LogP contribution in [0, 0.1) is 19.7 Å². The van der Waals surface area contributed by atoms with Gasteiger partial charge >= 0.3 is 0 Å². The highest BCUT2D eigenvalue weighted by molar-refractivity contribution is 5.99. The minimum atomic E-state index is -0.211. The zero-order valence-electron chi connectivity index (χ0n) is 16.0. The standard InChI is InChI=1S/C22H24FN3O/c1-15-16(2)24(3)20-9-8-17(14-18(15)20)22(27)26-12-10-25(11-13-26)21-7-5-4-6-19(21)23/h4-9,14H,10-13H2,1-3H3. The zero-order chi connectivity index (χ0) is 19.1. The molecule has 2 heterocycles. The second-order valence-corrected chi connectivity index (χ2v) is 7.23. The Morgan fingerprint density at radius 1 is 1.00 bits per heavy atom. The molecule has 2 aromatic carbocycles. The van der Waals surface area contributed by atoms with Crippen LogP contribution in [0.5, 0.6) is 0 Å². The Morgan fingerprint density at radius 3 is 2.41 bits per heavy atom. The number of carbonyl (C=O) groups excluding carboxylic acids is 1. The van der Waals surface area contributed by atoms with Crippen molar-refractivity contribution in [3.8, 4) is 0 Å². The number of fused-ring (bicyclic) bond motifs is 1. The second kappa shape index (κ2) is 6.72. The molecule has 5 heteroatoms. The summed E-state index contributed by atoms with van der Waals surface area (Å²) in [6.07, 6.45) is 0. The molecule has 1 aromatic heterocycles. The Hall–Kier alpha value is -2.82. The van der Waals surface area contributed by atoms with Gasteiger partial charge in [-0.05, 0) is 49.7 Å². The smallest absolute Gasteiger partial charge is 0.253 e. The molecule has 0 unspecified atom stereocenters. The van der Waals surface area contributed by atoms with E-state index in [9.17, 15) is 9.18 Å². The fraction of sp³-hybridized carbons (Fsp3) is 0.318. The van der Waals surface area contributed by atoms with Crippen molar-refractivity contribution in [3.63, 3.8) is 0 Å². The van der Waals surface area contributed by atoms with Gasteiger partial charge in [-0.2, -0.15) is 0 Å². The van der Waals surface area contributed by atoms with Gasteiger partial charge in [0.15, 0.2) is 0 Å². The van der Waals surface area contributed by atoms with Crippen LogP contribution in [0.15, 0.2) is 42.5 Å². The first-order valence-corrected chi connectivity index (χ1v) is 9.32. The molecule has 0 spiro atoms.